The molecule has 1 heterocycles. The maximum Gasteiger partial charge on any atom is 1.00 e. The maximum absolute atomic E-state index is 10.5. The Labute approximate surface area is 152 Å². The molecule has 0 bridgehead atoms. The van der Waals surface area contributed by atoms with Crippen molar-refractivity contribution in [2.75, 3.05) is 0 Å². The van der Waals surface area contributed by atoms with Crippen LogP contribution in [-0.2, 0) is 20.4 Å². The molecule has 0 aromatic carbocycles. The number of halogens is 2. The van der Waals surface area contributed by atoms with E-state index in [2.05, 4.69) is 20.9 Å². The van der Waals surface area contributed by atoms with E-state index in [4.69, 9.17) is 17.3 Å². The summed E-state index contributed by atoms with van der Waals surface area (Å²) in [6, 6.07) is 1.46. The second-order valence-corrected chi connectivity index (χ2v) is 3.04. The maximum atomic E-state index is 10.5. The van der Waals surface area contributed by atoms with E-state index in [1.54, 1.807) is 0 Å². The van der Waals surface area contributed by atoms with Crippen LogP contribution in [0.15, 0.2) is 16.7 Å². The fraction of sp³-hybridized carbons (Fsp3) is 0. The van der Waals surface area contributed by atoms with Gasteiger partial charge in [-0.25, -0.2) is 4.98 Å². The van der Waals surface area contributed by atoms with Gasteiger partial charge in [0.1, 0.15) is 5.15 Å². The number of hydrogen-bond donors (Lipinski definition) is 0. The average molecular weight is 506 g/mol. The van der Waals surface area contributed by atoms with Gasteiger partial charge in [0.15, 0.2) is 0 Å². The van der Waals surface area contributed by atoms with Crippen LogP contribution in [0, 0.1) is 0 Å². The summed E-state index contributed by atoms with van der Waals surface area (Å²) in [7, 11) is 0. The molecule has 0 unspecified atom stereocenters. The third kappa shape index (κ3) is 5.48. The van der Waals surface area contributed by atoms with Crippen molar-refractivity contribution < 1.29 is 83.4 Å². The molecule has 1 aromatic heterocycles. The molecule has 0 saturated heterocycles. The smallest absolute Gasteiger partial charge is 0.664 e. The predicted molar refractivity (Wildman–Crippen MR) is 45.6 cm³/mol. The first kappa shape index (κ1) is 17.3. The number of rotatable bonds is 1. The van der Waals surface area contributed by atoms with Gasteiger partial charge in [0.25, 0.3) is 0 Å². The molecule has 0 aliphatic carbocycles. The fourth-order valence-electron chi connectivity index (χ4n) is 0.545. The third-order valence-electron chi connectivity index (χ3n) is 1.06. The molecule has 0 spiro atoms. The SMILES string of the molecule is [NH-]C(=O)c1cnc(Cl)c(Br)c1.[Rb+].[Re]. The van der Waals surface area contributed by atoms with E-state index in [9.17, 15) is 4.79 Å². The Balaban J connectivity index is 0. The molecule has 1 rings (SSSR count). The third-order valence-corrected chi connectivity index (χ3v) is 2.19. The van der Waals surface area contributed by atoms with Gasteiger partial charge in [0, 0.05) is 32.2 Å². The second-order valence-electron chi connectivity index (χ2n) is 1.83. The average Bonchev–Trinajstić information content (AvgIpc) is 1.94. The topological polar surface area (TPSA) is 53.8 Å². The first-order chi connectivity index (χ1) is 5.11. The molecule has 0 aliphatic heterocycles. The Morgan fingerprint density at radius 2 is 2.15 bits per heavy atom. The molecule has 65 valence electrons. The molecule has 1 N–H and O–H groups in total. The van der Waals surface area contributed by atoms with Gasteiger partial charge in [0.05, 0.1) is 10.4 Å². The molecule has 1 amide bonds. The first-order valence-electron chi connectivity index (χ1n) is 2.68. The molecule has 0 atom stereocenters. The summed E-state index contributed by atoms with van der Waals surface area (Å²) in [4.78, 5) is 14.1. The van der Waals surface area contributed by atoms with Crippen LogP contribution in [0.1, 0.15) is 10.4 Å². The summed E-state index contributed by atoms with van der Waals surface area (Å²) in [5, 5.41) is 0.287. The Morgan fingerprint density at radius 1 is 1.62 bits per heavy atom. The van der Waals surface area contributed by atoms with Crippen LogP contribution >= 0.6 is 27.5 Å². The second kappa shape index (κ2) is 8.06. The van der Waals surface area contributed by atoms with Gasteiger partial charge < -0.3 is 10.5 Å². The van der Waals surface area contributed by atoms with E-state index in [0.29, 0.717) is 4.47 Å². The van der Waals surface area contributed by atoms with E-state index in [1.807, 2.05) is 0 Å². The van der Waals surface area contributed by atoms with E-state index >= 15 is 0 Å². The van der Waals surface area contributed by atoms with Crippen LogP contribution in [0.25, 0.3) is 5.73 Å². The number of aromatic nitrogens is 1. The van der Waals surface area contributed by atoms with Gasteiger partial charge in [-0.2, -0.15) is 0 Å². The van der Waals surface area contributed by atoms with Crippen LogP contribution in [0.2, 0.25) is 5.15 Å². The molecule has 13 heavy (non-hydrogen) atoms. The Hall–Kier alpha value is 1.86. The van der Waals surface area contributed by atoms with Gasteiger partial charge in [-0.1, -0.05) is 11.6 Å². The number of carbonyl (C=O) groups is 1. The number of carbonyl (C=O) groups excluding carboxylic acids is 1. The minimum absolute atomic E-state index is 0. The van der Waals surface area contributed by atoms with Crippen molar-refractivity contribution in [2.45, 2.75) is 0 Å². The van der Waals surface area contributed by atoms with Crippen molar-refractivity contribution in [3.05, 3.63) is 33.2 Å². The number of pyridine rings is 1. The number of hydrogen-bond acceptors (Lipinski definition) is 2. The first-order valence-corrected chi connectivity index (χ1v) is 3.85. The minimum atomic E-state index is -0.769. The van der Waals surface area contributed by atoms with Gasteiger partial charge >= 0.3 is 58.2 Å². The van der Waals surface area contributed by atoms with Crippen LogP contribution in [-0.4, -0.2) is 10.9 Å². The van der Waals surface area contributed by atoms with Crippen molar-refractivity contribution in [2.24, 2.45) is 0 Å². The predicted octanol–water partition coefficient (Wildman–Crippen LogP) is -0.309. The number of nitrogens with zero attached hydrogens (tertiary/aromatic N) is 1. The largest absolute Gasteiger partial charge is 1.00 e. The molecule has 1 aromatic rings. The molecule has 0 saturated carbocycles. The van der Waals surface area contributed by atoms with Gasteiger partial charge in [0.2, 0.25) is 0 Å². The molecule has 0 aliphatic rings. The van der Waals surface area contributed by atoms with E-state index < -0.39 is 5.91 Å². The van der Waals surface area contributed by atoms with Gasteiger partial charge in [-0.15, -0.1) is 0 Å². The van der Waals surface area contributed by atoms with Crippen molar-refractivity contribution in [3.8, 4) is 0 Å². The van der Waals surface area contributed by atoms with Crippen LogP contribution in [0.3, 0.4) is 0 Å². The summed E-state index contributed by atoms with van der Waals surface area (Å²) in [6.45, 7) is 0. The van der Waals surface area contributed by atoms with E-state index in [0.717, 1.165) is 0 Å². The molecule has 3 nitrogen and oxygen atoms in total. The zero-order chi connectivity index (χ0) is 8.43. The fourth-order valence-corrected chi connectivity index (χ4v) is 0.998. The Bertz CT molecular complexity index is 313. The summed E-state index contributed by atoms with van der Waals surface area (Å²) >= 11 is 8.64. The zero-order valence-corrected chi connectivity index (χ0v) is 16.6. The standard InChI is InChI=1S/C6H4BrClN2O.Rb.Re/c7-4-1-3(6(9)11)2-10-5(4)8;;/h1-2H,(H2,9,11);;/q;+1;/p-1. The monoisotopic (exact) mass is 505 g/mol. The van der Waals surface area contributed by atoms with Crippen LogP contribution < -0.4 is 58.2 Å². The molecular formula is C6H3BrClN2ORbRe. The minimum Gasteiger partial charge on any atom is -0.664 e. The number of nitrogens with one attached hydrogen (secondary N) is 1. The van der Waals surface area contributed by atoms with E-state index in [1.165, 1.54) is 12.3 Å². The Morgan fingerprint density at radius 3 is 2.54 bits per heavy atom. The molecule has 7 heteroatoms. The quantitative estimate of drug-likeness (QED) is 0.492. The normalized spacial score (nSPS) is 8.15. The van der Waals surface area contributed by atoms with Crippen molar-refractivity contribution in [1.29, 1.82) is 0 Å². The van der Waals surface area contributed by atoms with Crippen molar-refractivity contribution in [3.63, 3.8) is 0 Å². The summed E-state index contributed by atoms with van der Waals surface area (Å²) in [6.07, 6.45) is 1.27. The summed E-state index contributed by atoms with van der Waals surface area (Å²) in [5.74, 6) is -0.769. The van der Waals surface area contributed by atoms with Crippen LogP contribution in [0.4, 0.5) is 0 Å². The zero-order valence-electron chi connectivity index (χ0n) is 6.64. The van der Waals surface area contributed by atoms with Gasteiger partial charge in [-0.3, -0.25) is 0 Å². The van der Waals surface area contributed by atoms with Crippen molar-refractivity contribution >= 4 is 33.4 Å². The van der Waals surface area contributed by atoms with Crippen LogP contribution in [0.5, 0.6) is 0 Å². The molecule has 0 fully saturated rings. The Kier molecular flexibility index (Phi) is 10.7. The number of amides is 1. The summed E-state index contributed by atoms with van der Waals surface area (Å²) in [5.41, 5.74) is 6.97. The molecule has 1 radical (unpaired) electrons. The van der Waals surface area contributed by atoms with E-state index in [-0.39, 0.29) is 89.3 Å². The molecular weight excluding hydrogens is 503 g/mol. The summed E-state index contributed by atoms with van der Waals surface area (Å²) < 4.78 is 0.525. The van der Waals surface area contributed by atoms with Gasteiger partial charge in [-0.05, 0) is 22.0 Å². The van der Waals surface area contributed by atoms with Crippen molar-refractivity contribution in [1.82, 2.24) is 4.98 Å².